The van der Waals surface area contributed by atoms with Gasteiger partial charge in [-0.25, -0.2) is 4.98 Å². The van der Waals surface area contributed by atoms with E-state index in [9.17, 15) is 0 Å². The van der Waals surface area contributed by atoms with E-state index in [0.717, 1.165) is 30.3 Å². The van der Waals surface area contributed by atoms with E-state index in [0.29, 0.717) is 19.0 Å². The van der Waals surface area contributed by atoms with Crippen molar-refractivity contribution in [3.8, 4) is 5.88 Å². The van der Waals surface area contributed by atoms with Crippen molar-refractivity contribution in [2.75, 3.05) is 20.2 Å². The minimum atomic E-state index is 0.536. The highest BCUT2D eigenvalue weighted by molar-refractivity contribution is 5.25. The summed E-state index contributed by atoms with van der Waals surface area (Å²) in [6.07, 6.45) is 3.57. The van der Waals surface area contributed by atoms with E-state index in [2.05, 4.69) is 23.9 Å². The Bertz CT molecular complexity index is 368. The Kier molecular flexibility index (Phi) is 4.55. The second-order valence-corrected chi connectivity index (χ2v) is 4.92. The molecule has 0 spiro atoms. The molecule has 2 rings (SSSR count). The van der Waals surface area contributed by atoms with Gasteiger partial charge in [0.05, 0.1) is 0 Å². The largest absolute Gasteiger partial charge is 0.476 e. The molecule has 1 fully saturated rings. The van der Waals surface area contributed by atoms with E-state index in [-0.39, 0.29) is 0 Å². The van der Waals surface area contributed by atoms with E-state index in [1.54, 1.807) is 0 Å². The highest BCUT2D eigenvalue weighted by Crippen LogP contribution is 2.24. The summed E-state index contributed by atoms with van der Waals surface area (Å²) in [5.41, 5.74) is 7.81. The molecule has 1 aliphatic carbocycles. The van der Waals surface area contributed by atoms with Crippen molar-refractivity contribution in [3.63, 3.8) is 0 Å². The molecule has 1 aliphatic rings. The predicted octanol–water partition coefficient (Wildman–Crippen LogP) is 1.58. The number of rotatable bonds is 7. The van der Waals surface area contributed by atoms with Gasteiger partial charge in [0.15, 0.2) is 0 Å². The number of ether oxygens (including phenoxy) is 1. The van der Waals surface area contributed by atoms with Gasteiger partial charge in [-0.1, -0.05) is 6.92 Å². The Morgan fingerprint density at radius 1 is 1.44 bits per heavy atom. The molecule has 2 N–H and O–H groups in total. The van der Waals surface area contributed by atoms with E-state index >= 15 is 0 Å². The summed E-state index contributed by atoms with van der Waals surface area (Å²) in [5, 5.41) is 0. The average Bonchev–Trinajstić information content (AvgIpc) is 3.22. The highest BCUT2D eigenvalue weighted by Gasteiger charge is 2.25. The van der Waals surface area contributed by atoms with Crippen LogP contribution < -0.4 is 10.5 Å². The average molecular weight is 249 g/mol. The Balaban J connectivity index is 1.87. The third kappa shape index (κ3) is 3.68. The summed E-state index contributed by atoms with van der Waals surface area (Å²) in [4.78, 5) is 6.82. The fraction of sp³-hybridized carbons (Fsp3) is 0.643. The van der Waals surface area contributed by atoms with Crippen LogP contribution in [0.25, 0.3) is 0 Å². The lowest BCUT2D eigenvalue weighted by Crippen LogP contribution is -2.26. The zero-order valence-electron chi connectivity index (χ0n) is 11.4. The van der Waals surface area contributed by atoms with Crippen LogP contribution in [0.1, 0.15) is 31.0 Å². The van der Waals surface area contributed by atoms with Gasteiger partial charge in [-0.05, 0) is 37.9 Å². The first-order chi connectivity index (χ1) is 8.72. The van der Waals surface area contributed by atoms with Gasteiger partial charge < -0.3 is 15.4 Å². The normalized spacial score (nSPS) is 15.1. The lowest BCUT2D eigenvalue weighted by atomic mass is 10.2. The van der Waals surface area contributed by atoms with Crippen LogP contribution in [0.2, 0.25) is 0 Å². The van der Waals surface area contributed by atoms with Gasteiger partial charge in [0.2, 0.25) is 5.88 Å². The number of hydrogen-bond donors (Lipinski definition) is 1. The summed E-state index contributed by atoms with van der Waals surface area (Å²) in [5.74, 6) is 0.707. The maximum Gasteiger partial charge on any atom is 0.213 e. The summed E-state index contributed by atoms with van der Waals surface area (Å²) in [6, 6.07) is 4.77. The molecule has 0 saturated heterocycles. The number of hydrogen-bond acceptors (Lipinski definition) is 4. The van der Waals surface area contributed by atoms with Gasteiger partial charge in [0.1, 0.15) is 6.61 Å². The second kappa shape index (κ2) is 6.16. The van der Waals surface area contributed by atoms with Crippen molar-refractivity contribution in [3.05, 3.63) is 23.4 Å². The van der Waals surface area contributed by atoms with E-state index in [1.807, 2.05) is 12.1 Å². The molecule has 4 nitrogen and oxygen atoms in total. The molecule has 1 aromatic heterocycles. The van der Waals surface area contributed by atoms with Crippen LogP contribution >= 0.6 is 0 Å². The minimum absolute atomic E-state index is 0.536. The smallest absolute Gasteiger partial charge is 0.213 e. The Morgan fingerprint density at radius 2 is 2.22 bits per heavy atom. The molecule has 0 bridgehead atoms. The molecule has 0 atom stereocenters. The number of likely N-dealkylation sites (N-methyl/N-ethyl adjacent to an activating group) is 1. The quantitative estimate of drug-likeness (QED) is 0.797. The Morgan fingerprint density at radius 3 is 2.83 bits per heavy atom. The van der Waals surface area contributed by atoms with Gasteiger partial charge in [-0.2, -0.15) is 0 Å². The monoisotopic (exact) mass is 249 g/mol. The number of pyridine rings is 1. The number of nitrogens with zero attached hydrogens (tertiary/aromatic N) is 2. The summed E-state index contributed by atoms with van der Waals surface area (Å²) in [6.45, 7) is 4.28. The highest BCUT2D eigenvalue weighted by atomic mass is 16.5. The molecular weight excluding hydrogens is 226 g/mol. The fourth-order valence-electron chi connectivity index (χ4n) is 1.99. The van der Waals surface area contributed by atoms with Gasteiger partial charge in [0.25, 0.3) is 0 Å². The second-order valence-electron chi connectivity index (χ2n) is 4.92. The van der Waals surface area contributed by atoms with Crippen molar-refractivity contribution in [2.45, 2.75) is 38.8 Å². The van der Waals surface area contributed by atoms with Crippen molar-refractivity contribution in [2.24, 2.45) is 5.73 Å². The third-order valence-corrected chi connectivity index (χ3v) is 3.38. The van der Waals surface area contributed by atoms with E-state index in [1.165, 1.54) is 12.8 Å². The fourth-order valence-corrected chi connectivity index (χ4v) is 1.99. The standard InChI is InChI=1S/C14H23N3O/c1-3-12-8-11(10-15)9-14(16-12)18-7-6-17(2)13-4-5-13/h8-9,13H,3-7,10,15H2,1-2H3. The van der Waals surface area contributed by atoms with E-state index < -0.39 is 0 Å². The van der Waals surface area contributed by atoms with Crippen LogP contribution in [0, 0.1) is 0 Å². The molecule has 0 aromatic carbocycles. The minimum Gasteiger partial charge on any atom is -0.476 e. The first kappa shape index (κ1) is 13.3. The molecule has 1 heterocycles. The first-order valence-corrected chi connectivity index (χ1v) is 6.76. The van der Waals surface area contributed by atoms with E-state index in [4.69, 9.17) is 10.5 Å². The Hall–Kier alpha value is -1.13. The lowest BCUT2D eigenvalue weighted by Gasteiger charge is -2.16. The van der Waals surface area contributed by atoms with Crippen LogP contribution in [0.4, 0.5) is 0 Å². The molecule has 100 valence electrons. The summed E-state index contributed by atoms with van der Waals surface area (Å²) < 4.78 is 5.73. The van der Waals surface area contributed by atoms with Crippen molar-refractivity contribution < 1.29 is 4.74 Å². The van der Waals surface area contributed by atoms with Crippen LogP contribution in [0.3, 0.4) is 0 Å². The number of aromatic nitrogens is 1. The molecule has 0 radical (unpaired) electrons. The van der Waals surface area contributed by atoms with Crippen LogP contribution in [0.15, 0.2) is 12.1 Å². The van der Waals surface area contributed by atoms with Gasteiger partial charge in [0, 0.05) is 30.9 Å². The molecular formula is C14H23N3O. The molecule has 1 saturated carbocycles. The molecule has 0 unspecified atom stereocenters. The summed E-state index contributed by atoms with van der Waals surface area (Å²) >= 11 is 0. The van der Waals surface area contributed by atoms with Crippen LogP contribution in [0.5, 0.6) is 5.88 Å². The zero-order valence-corrected chi connectivity index (χ0v) is 11.4. The maximum atomic E-state index is 5.73. The van der Waals surface area contributed by atoms with Crippen LogP contribution in [-0.4, -0.2) is 36.1 Å². The topological polar surface area (TPSA) is 51.4 Å². The van der Waals surface area contributed by atoms with Gasteiger partial charge >= 0.3 is 0 Å². The summed E-state index contributed by atoms with van der Waals surface area (Å²) in [7, 11) is 2.15. The van der Waals surface area contributed by atoms with Crippen molar-refractivity contribution in [1.82, 2.24) is 9.88 Å². The zero-order chi connectivity index (χ0) is 13.0. The first-order valence-electron chi connectivity index (χ1n) is 6.76. The number of nitrogens with two attached hydrogens (primary N) is 1. The van der Waals surface area contributed by atoms with Crippen molar-refractivity contribution in [1.29, 1.82) is 0 Å². The van der Waals surface area contributed by atoms with Crippen LogP contribution in [-0.2, 0) is 13.0 Å². The third-order valence-electron chi connectivity index (χ3n) is 3.38. The molecule has 18 heavy (non-hydrogen) atoms. The van der Waals surface area contributed by atoms with Crippen molar-refractivity contribution >= 4 is 0 Å². The SMILES string of the molecule is CCc1cc(CN)cc(OCCN(C)C2CC2)n1. The van der Waals surface area contributed by atoms with Gasteiger partial charge in [-0.3, -0.25) is 0 Å². The predicted molar refractivity (Wildman–Crippen MR) is 72.7 cm³/mol. The molecule has 4 heteroatoms. The van der Waals surface area contributed by atoms with Gasteiger partial charge in [-0.15, -0.1) is 0 Å². The Labute approximate surface area is 109 Å². The molecule has 0 amide bonds. The maximum absolute atomic E-state index is 5.73. The molecule has 1 aromatic rings. The lowest BCUT2D eigenvalue weighted by molar-refractivity contribution is 0.226. The molecule has 0 aliphatic heterocycles. The number of aryl methyl sites for hydroxylation is 1.